The van der Waals surface area contributed by atoms with E-state index in [0.717, 1.165) is 49.4 Å². The average Bonchev–Trinajstić information content (AvgIpc) is 3.17. The minimum absolute atomic E-state index is 0.148. The number of aromatic nitrogens is 1. The Morgan fingerprint density at radius 2 is 1.96 bits per heavy atom. The molecule has 1 saturated heterocycles. The molecule has 0 unspecified atom stereocenters. The quantitative estimate of drug-likeness (QED) is 0.753. The van der Waals surface area contributed by atoms with E-state index in [4.69, 9.17) is 13.9 Å². The number of carbonyl (C=O) groups is 1. The maximum absolute atomic E-state index is 12.7. The molecule has 3 aromatic rings. The first kappa shape index (κ1) is 17.1. The third-order valence-corrected chi connectivity index (χ3v) is 5.09. The van der Waals surface area contributed by atoms with Crippen LogP contribution >= 0.6 is 0 Å². The van der Waals surface area contributed by atoms with E-state index in [1.54, 1.807) is 6.07 Å². The predicted molar refractivity (Wildman–Crippen MR) is 105 cm³/mol. The third kappa shape index (κ3) is 3.29. The second-order valence-corrected chi connectivity index (χ2v) is 7.01. The van der Waals surface area contributed by atoms with Gasteiger partial charge in [-0.1, -0.05) is 0 Å². The summed E-state index contributed by atoms with van der Waals surface area (Å²) in [5.41, 5.74) is 3.82. The number of morpholine rings is 1. The van der Waals surface area contributed by atoms with Crippen LogP contribution in [0.4, 0.5) is 11.7 Å². The first-order chi connectivity index (χ1) is 13.8. The maximum Gasteiger partial charge on any atom is 0.298 e. The van der Waals surface area contributed by atoms with Crippen molar-refractivity contribution in [3.63, 3.8) is 0 Å². The standard InChI is InChI=1S/C21H21N3O4/c25-20(15-3-5-18-14(12-15)2-1-9-27-18)22-16-4-6-19-17(13-16)23-21(28-19)24-7-10-26-11-8-24/h3-6,12-13H,1-2,7-11H2,(H,22,25). The minimum atomic E-state index is -0.148. The Kier molecular flexibility index (Phi) is 4.37. The first-order valence-corrected chi connectivity index (χ1v) is 9.57. The van der Waals surface area contributed by atoms with E-state index in [1.165, 1.54) is 0 Å². The molecular formula is C21H21N3O4. The van der Waals surface area contributed by atoms with Crippen molar-refractivity contribution in [1.82, 2.24) is 4.98 Å². The highest BCUT2D eigenvalue weighted by Gasteiger charge is 2.18. The third-order valence-electron chi connectivity index (χ3n) is 5.09. The van der Waals surface area contributed by atoms with Crippen molar-refractivity contribution in [3.8, 4) is 5.75 Å². The minimum Gasteiger partial charge on any atom is -0.493 e. The Morgan fingerprint density at radius 3 is 2.86 bits per heavy atom. The summed E-state index contributed by atoms with van der Waals surface area (Å²) in [6.07, 6.45) is 1.91. The number of nitrogens with zero attached hydrogens (tertiary/aromatic N) is 2. The molecule has 7 nitrogen and oxygen atoms in total. The molecule has 28 heavy (non-hydrogen) atoms. The van der Waals surface area contributed by atoms with Crippen LogP contribution < -0.4 is 15.0 Å². The molecule has 0 saturated carbocycles. The van der Waals surface area contributed by atoms with Crippen molar-refractivity contribution < 1.29 is 18.7 Å². The molecule has 7 heteroatoms. The summed E-state index contributed by atoms with van der Waals surface area (Å²) in [7, 11) is 0. The molecule has 0 radical (unpaired) electrons. The van der Waals surface area contributed by atoms with Gasteiger partial charge in [-0.15, -0.1) is 0 Å². The molecule has 0 spiro atoms. The Balaban J connectivity index is 1.35. The largest absolute Gasteiger partial charge is 0.493 e. The van der Waals surface area contributed by atoms with E-state index in [1.807, 2.05) is 30.3 Å². The van der Waals surface area contributed by atoms with Crippen LogP contribution in [0.1, 0.15) is 22.3 Å². The highest BCUT2D eigenvalue weighted by atomic mass is 16.5. The number of amides is 1. The number of rotatable bonds is 3. The number of carbonyl (C=O) groups excluding carboxylic acids is 1. The van der Waals surface area contributed by atoms with Gasteiger partial charge in [0.05, 0.1) is 19.8 Å². The van der Waals surface area contributed by atoms with Crippen LogP contribution in [0.15, 0.2) is 40.8 Å². The van der Waals surface area contributed by atoms with Crippen LogP contribution in [-0.4, -0.2) is 43.8 Å². The Labute approximate surface area is 162 Å². The molecule has 3 heterocycles. The average molecular weight is 379 g/mol. The second kappa shape index (κ2) is 7.16. The van der Waals surface area contributed by atoms with Gasteiger partial charge in [-0.05, 0) is 54.8 Å². The summed E-state index contributed by atoms with van der Waals surface area (Å²) >= 11 is 0. The van der Waals surface area contributed by atoms with Crippen LogP contribution in [0.3, 0.4) is 0 Å². The number of hydrogen-bond donors (Lipinski definition) is 1. The fourth-order valence-corrected chi connectivity index (χ4v) is 3.59. The molecule has 1 amide bonds. The smallest absolute Gasteiger partial charge is 0.298 e. The van der Waals surface area contributed by atoms with E-state index in [0.29, 0.717) is 36.1 Å². The van der Waals surface area contributed by atoms with Gasteiger partial charge in [0.15, 0.2) is 5.58 Å². The molecule has 0 atom stereocenters. The van der Waals surface area contributed by atoms with Crippen molar-refractivity contribution in [2.75, 3.05) is 43.1 Å². The number of anilines is 2. The zero-order chi connectivity index (χ0) is 18.9. The second-order valence-electron chi connectivity index (χ2n) is 7.01. The van der Waals surface area contributed by atoms with Crippen LogP contribution in [0.2, 0.25) is 0 Å². The predicted octanol–water partition coefficient (Wildman–Crippen LogP) is 3.24. The lowest BCUT2D eigenvalue weighted by molar-refractivity contribution is 0.102. The van der Waals surface area contributed by atoms with Crippen LogP contribution in [0, 0.1) is 0 Å². The van der Waals surface area contributed by atoms with Crippen molar-refractivity contribution in [3.05, 3.63) is 47.5 Å². The normalized spacial score (nSPS) is 16.5. The molecule has 2 aliphatic rings. The fraction of sp³-hybridized carbons (Fsp3) is 0.333. The lowest BCUT2D eigenvalue weighted by Gasteiger charge is -2.24. The molecule has 144 valence electrons. The van der Waals surface area contributed by atoms with Crippen LogP contribution in [-0.2, 0) is 11.2 Å². The van der Waals surface area contributed by atoms with Gasteiger partial charge in [-0.2, -0.15) is 4.98 Å². The van der Waals surface area contributed by atoms with Gasteiger partial charge in [0.25, 0.3) is 11.9 Å². The number of aryl methyl sites for hydroxylation is 1. The van der Waals surface area contributed by atoms with E-state index < -0.39 is 0 Å². The summed E-state index contributed by atoms with van der Waals surface area (Å²) in [6, 6.07) is 11.7. The van der Waals surface area contributed by atoms with Crippen molar-refractivity contribution in [1.29, 1.82) is 0 Å². The van der Waals surface area contributed by atoms with E-state index in [9.17, 15) is 4.79 Å². The summed E-state index contributed by atoms with van der Waals surface area (Å²) < 4.78 is 16.8. The zero-order valence-corrected chi connectivity index (χ0v) is 15.4. The Morgan fingerprint density at radius 1 is 1.07 bits per heavy atom. The van der Waals surface area contributed by atoms with Crippen molar-refractivity contribution in [2.45, 2.75) is 12.8 Å². The molecule has 0 aliphatic carbocycles. The molecule has 2 aromatic carbocycles. The molecule has 5 rings (SSSR count). The van der Waals surface area contributed by atoms with E-state index >= 15 is 0 Å². The Bertz CT molecular complexity index is 1020. The van der Waals surface area contributed by atoms with Crippen LogP contribution in [0.25, 0.3) is 11.1 Å². The summed E-state index contributed by atoms with van der Waals surface area (Å²) in [5, 5.41) is 2.95. The number of benzene rings is 2. The summed E-state index contributed by atoms with van der Waals surface area (Å²) in [5.74, 6) is 0.729. The van der Waals surface area contributed by atoms with Crippen molar-refractivity contribution >= 4 is 28.7 Å². The van der Waals surface area contributed by atoms with Gasteiger partial charge in [-0.3, -0.25) is 4.79 Å². The number of hydrogen-bond acceptors (Lipinski definition) is 6. The molecule has 1 fully saturated rings. The SMILES string of the molecule is O=C(Nc1ccc2oc(N3CCOCC3)nc2c1)c1ccc2c(c1)CCCO2. The lowest BCUT2D eigenvalue weighted by atomic mass is 10.0. The highest BCUT2D eigenvalue weighted by Crippen LogP contribution is 2.27. The molecule has 1 N–H and O–H groups in total. The van der Waals surface area contributed by atoms with E-state index in [2.05, 4.69) is 15.2 Å². The van der Waals surface area contributed by atoms with Gasteiger partial charge in [-0.25, -0.2) is 0 Å². The summed E-state index contributed by atoms with van der Waals surface area (Å²) in [6.45, 7) is 3.61. The molecular weight excluding hydrogens is 358 g/mol. The van der Waals surface area contributed by atoms with Gasteiger partial charge in [0, 0.05) is 24.3 Å². The van der Waals surface area contributed by atoms with Crippen LogP contribution in [0.5, 0.6) is 5.75 Å². The lowest BCUT2D eigenvalue weighted by Crippen LogP contribution is -2.36. The maximum atomic E-state index is 12.7. The highest BCUT2D eigenvalue weighted by molar-refractivity contribution is 6.05. The monoisotopic (exact) mass is 379 g/mol. The fourth-order valence-electron chi connectivity index (χ4n) is 3.59. The number of oxazole rings is 1. The van der Waals surface area contributed by atoms with Gasteiger partial charge in [0.1, 0.15) is 11.3 Å². The van der Waals surface area contributed by atoms with Gasteiger partial charge in [0.2, 0.25) is 0 Å². The number of nitrogens with one attached hydrogen (secondary N) is 1. The van der Waals surface area contributed by atoms with Gasteiger partial charge < -0.3 is 24.1 Å². The summed E-state index contributed by atoms with van der Waals surface area (Å²) in [4.78, 5) is 19.3. The number of fused-ring (bicyclic) bond motifs is 2. The topological polar surface area (TPSA) is 76.8 Å². The molecule has 1 aromatic heterocycles. The van der Waals surface area contributed by atoms with Crippen molar-refractivity contribution in [2.24, 2.45) is 0 Å². The zero-order valence-electron chi connectivity index (χ0n) is 15.4. The first-order valence-electron chi connectivity index (χ1n) is 9.57. The Hall–Kier alpha value is -3.06. The number of ether oxygens (including phenoxy) is 2. The molecule has 2 aliphatic heterocycles. The van der Waals surface area contributed by atoms with E-state index in [-0.39, 0.29) is 5.91 Å². The van der Waals surface area contributed by atoms with Gasteiger partial charge >= 0.3 is 0 Å². The molecule has 0 bridgehead atoms.